The van der Waals surface area contributed by atoms with Crippen LogP contribution in [-0.2, 0) is 5.41 Å². The van der Waals surface area contributed by atoms with Gasteiger partial charge in [-0.05, 0) is 109 Å². The van der Waals surface area contributed by atoms with Crippen LogP contribution in [0.4, 0.5) is 0 Å². The summed E-state index contributed by atoms with van der Waals surface area (Å²) in [5.41, 5.74) is 4.10. The molecule has 0 amide bonds. The zero-order chi connectivity index (χ0) is 23.3. The average molecular weight is 443 g/mol. The molecule has 1 aromatic rings. The maximum absolute atomic E-state index is 4.26. The van der Waals surface area contributed by atoms with E-state index >= 15 is 0 Å². The van der Waals surface area contributed by atoms with Crippen molar-refractivity contribution in [3.8, 4) is 0 Å². The predicted molar refractivity (Wildman–Crippen MR) is 142 cm³/mol. The third kappa shape index (κ3) is 3.37. The van der Waals surface area contributed by atoms with Crippen LogP contribution in [0, 0.1) is 40.4 Å². The molecule has 4 aliphatic carbocycles. The molecule has 0 radical (unpaired) electrons. The Morgan fingerprint density at radius 2 is 1.67 bits per heavy atom. The number of benzene rings is 1. The second-order valence-corrected chi connectivity index (χ2v) is 12.6. The molecular formula is C33H46. The Morgan fingerprint density at radius 3 is 2.36 bits per heavy atom. The van der Waals surface area contributed by atoms with E-state index in [2.05, 4.69) is 76.4 Å². The van der Waals surface area contributed by atoms with E-state index in [9.17, 15) is 0 Å². The summed E-state index contributed by atoms with van der Waals surface area (Å²) in [6.07, 6.45) is 20.5. The van der Waals surface area contributed by atoms with Gasteiger partial charge in [-0.25, -0.2) is 0 Å². The van der Waals surface area contributed by atoms with E-state index < -0.39 is 0 Å². The summed E-state index contributed by atoms with van der Waals surface area (Å²) in [7, 11) is 0. The molecule has 8 unspecified atom stereocenters. The second kappa shape index (κ2) is 8.58. The predicted octanol–water partition coefficient (Wildman–Crippen LogP) is 9.29. The molecule has 4 fully saturated rings. The van der Waals surface area contributed by atoms with Crippen LogP contribution in [0.25, 0.3) is 0 Å². The molecule has 178 valence electrons. The maximum atomic E-state index is 4.26. The Labute approximate surface area is 203 Å². The molecule has 0 bridgehead atoms. The number of hydrogen-bond donors (Lipinski definition) is 0. The first-order valence-corrected chi connectivity index (χ1v) is 13.9. The first kappa shape index (κ1) is 23.2. The largest absolute Gasteiger partial charge is 0.0991 e. The van der Waals surface area contributed by atoms with E-state index in [4.69, 9.17) is 0 Å². The maximum Gasteiger partial charge on any atom is 0.0205 e. The van der Waals surface area contributed by atoms with Gasteiger partial charge in [-0.15, -0.1) is 0 Å². The topological polar surface area (TPSA) is 0 Å². The van der Waals surface area contributed by atoms with Crippen molar-refractivity contribution in [2.24, 2.45) is 40.4 Å². The van der Waals surface area contributed by atoms with Gasteiger partial charge in [0.25, 0.3) is 0 Å². The van der Waals surface area contributed by atoms with Crippen LogP contribution in [0.5, 0.6) is 0 Å². The lowest BCUT2D eigenvalue weighted by atomic mass is 9.42. The van der Waals surface area contributed by atoms with Gasteiger partial charge in [0.2, 0.25) is 0 Å². The van der Waals surface area contributed by atoms with E-state index in [1.54, 1.807) is 0 Å². The van der Waals surface area contributed by atoms with Gasteiger partial charge in [-0.1, -0.05) is 88.9 Å². The number of rotatable bonds is 5. The summed E-state index contributed by atoms with van der Waals surface area (Å²) in [5, 5.41) is 0. The zero-order valence-electron chi connectivity index (χ0n) is 21.5. The van der Waals surface area contributed by atoms with Crippen molar-refractivity contribution < 1.29 is 0 Å². The third-order valence-corrected chi connectivity index (χ3v) is 11.8. The van der Waals surface area contributed by atoms with Gasteiger partial charge in [0.1, 0.15) is 0 Å². The molecule has 0 aromatic heterocycles. The molecule has 0 N–H and O–H groups in total. The molecule has 8 atom stereocenters. The van der Waals surface area contributed by atoms with Crippen molar-refractivity contribution in [1.82, 2.24) is 0 Å². The summed E-state index contributed by atoms with van der Waals surface area (Å²) in [6, 6.07) is 11.3. The van der Waals surface area contributed by atoms with Crippen molar-refractivity contribution in [2.45, 2.75) is 90.4 Å². The van der Waals surface area contributed by atoms with Crippen molar-refractivity contribution in [3.05, 3.63) is 72.9 Å². The monoisotopic (exact) mass is 442 g/mol. The van der Waals surface area contributed by atoms with E-state index in [-0.39, 0.29) is 5.41 Å². The summed E-state index contributed by atoms with van der Waals surface area (Å²) in [6.45, 7) is 16.1. The molecule has 4 saturated carbocycles. The fourth-order valence-electron chi connectivity index (χ4n) is 10.0. The normalized spacial score (nSPS) is 44.9. The minimum atomic E-state index is 0.0953. The third-order valence-electron chi connectivity index (χ3n) is 11.8. The van der Waals surface area contributed by atoms with Crippen molar-refractivity contribution in [2.75, 3.05) is 0 Å². The smallest absolute Gasteiger partial charge is 0.0205 e. The van der Waals surface area contributed by atoms with Crippen LogP contribution >= 0.6 is 0 Å². The molecule has 0 heteroatoms. The van der Waals surface area contributed by atoms with Crippen LogP contribution in [0.15, 0.2) is 67.3 Å². The van der Waals surface area contributed by atoms with Crippen molar-refractivity contribution >= 4 is 0 Å². The van der Waals surface area contributed by atoms with Gasteiger partial charge in [-0.2, -0.15) is 0 Å². The summed E-state index contributed by atoms with van der Waals surface area (Å²) < 4.78 is 0. The minimum Gasteiger partial charge on any atom is -0.0991 e. The molecular weight excluding hydrogens is 396 g/mol. The number of allylic oxidation sites excluding steroid dienone is 4. The highest BCUT2D eigenvalue weighted by atomic mass is 14.7. The highest BCUT2D eigenvalue weighted by molar-refractivity contribution is 5.44. The highest BCUT2D eigenvalue weighted by Crippen LogP contribution is 2.69. The Bertz CT molecular complexity index is 907. The lowest BCUT2D eigenvalue weighted by Gasteiger charge is -2.63. The van der Waals surface area contributed by atoms with E-state index in [1.165, 1.54) is 75.3 Å². The molecule has 0 spiro atoms. The lowest BCUT2D eigenvalue weighted by Crippen LogP contribution is -2.55. The molecule has 0 aliphatic heterocycles. The van der Waals surface area contributed by atoms with E-state index in [0.717, 1.165) is 29.6 Å². The van der Waals surface area contributed by atoms with Gasteiger partial charge < -0.3 is 0 Å². The Hall–Kier alpha value is -1.56. The molecule has 1 aromatic carbocycles. The van der Waals surface area contributed by atoms with Gasteiger partial charge in [-0.3, -0.25) is 0 Å². The van der Waals surface area contributed by atoms with E-state index in [1.807, 2.05) is 6.08 Å². The summed E-state index contributed by atoms with van der Waals surface area (Å²) >= 11 is 0. The first-order valence-electron chi connectivity index (χ1n) is 13.9. The second-order valence-electron chi connectivity index (χ2n) is 12.6. The Morgan fingerprint density at radius 1 is 0.909 bits per heavy atom. The molecule has 0 nitrogen and oxygen atoms in total. The molecule has 33 heavy (non-hydrogen) atoms. The van der Waals surface area contributed by atoms with Gasteiger partial charge >= 0.3 is 0 Å². The van der Waals surface area contributed by atoms with Gasteiger partial charge in [0, 0.05) is 5.41 Å². The molecule has 5 rings (SSSR count). The molecule has 4 aliphatic rings. The van der Waals surface area contributed by atoms with Crippen molar-refractivity contribution in [1.29, 1.82) is 0 Å². The standard InChI is InChI=1S/C33H46/c1-6-12-25(8-3)33(26-13-10-9-11-14-26)22-21-32(5)27(23-33)15-17-28-29-18-16-24(7-2)31(29,4)20-19-30(28)32/h6,8-14,24,27-30H,1,3,7,15-23H2,2,4-5H3/b25-12+. The lowest BCUT2D eigenvalue weighted by molar-refractivity contribution is -0.119. The molecule has 0 heterocycles. The first-order chi connectivity index (χ1) is 15.9. The Kier molecular flexibility index (Phi) is 6.03. The Balaban J connectivity index is 1.47. The molecule has 0 saturated heterocycles. The van der Waals surface area contributed by atoms with Gasteiger partial charge in [0.05, 0.1) is 0 Å². The van der Waals surface area contributed by atoms with Crippen LogP contribution < -0.4 is 0 Å². The van der Waals surface area contributed by atoms with Crippen LogP contribution in [-0.4, -0.2) is 0 Å². The average Bonchev–Trinajstić information content (AvgIpc) is 3.19. The summed E-state index contributed by atoms with van der Waals surface area (Å²) in [4.78, 5) is 0. The van der Waals surface area contributed by atoms with Gasteiger partial charge in [0.15, 0.2) is 0 Å². The van der Waals surface area contributed by atoms with Crippen LogP contribution in [0.2, 0.25) is 0 Å². The minimum absolute atomic E-state index is 0.0953. The fraction of sp³-hybridized carbons (Fsp3) is 0.636. The summed E-state index contributed by atoms with van der Waals surface area (Å²) in [5.74, 6) is 4.70. The van der Waals surface area contributed by atoms with E-state index in [0.29, 0.717) is 10.8 Å². The van der Waals surface area contributed by atoms with Crippen LogP contribution in [0.3, 0.4) is 0 Å². The quantitative estimate of drug-likeness (QED) is 0.398. The SMILES string of the molecule is C=C/C=C(\C=C)C1(c2ccccc2)CCC2(C)C(CCC3C4CCC(CC)C4(C)CCC32)C1. The zero-order valence-corrected chi connectivity index (χ0v) is 21.5. The fourth-order valence-corrected chi connectivity index (χ4v) is 10.0. The van der Waals surface area contributed by atoms with Crippen molar-refractivity contribution in [3.63, 3.8) is 0 Å². The highest BCUT2D eigenvalue weighted by Gasteiger charge is 2.61. The number of hydrogen-bond acceptors (Lipinski definition) is 0. The van der Waals surface area contributed by atoms with Crippen LogP contribution in [0.1, 0.15) is 90.5 Å². The number of fused-ring (bicyclic) bond motifs is 5.